The van der Waals surface area contributed by atoms with Crippen LogP contribution in [-0.4, -0.2) is 96.9 Å². The van der Waals surface area contributed by atoms with Gasteiger partial charge in [0.1, 0.15) is 12.7 Å². The lowest BCUT2D eigenvalue weighted by atomic mass is 10.0. The van der Waals surface area contributed by atoms with Crippen LogP contribution in [0.2, 0.25) is 0 Å². The maximum Gasteiger partial charge on any atom is 0.404 e. The maximum atomic E-state index is 13.5. The third kappa shape index (κ3) is 9.20. The summed E-state index contributed by atoms with van der Waals surface area (Å²) in [5.41, 5.74) is 1.66. The first kappa shape index (κ1) is 31.6. The largest absolute Gasteiger partial charge is 0.475 e. The van der Waals surface area contributed by atoms with Gasteiger partial charge in [-0.3, -0.25) is 4.79 Å². The first-order valence-corrected chi connectivity index (χ1v) is 11.8. The summed E-state index contributed by atoms with van der Waals surface area (Å²) in [6.45, 7) is 3.87. The van der Waals surface area contributed by atoms with Crippen molar-refractivity contribution in [1.82, 2.24) is 20.5 Å². The van der Waals surface area contributed by atoms with Gasteiger partial charge in [-0.1, -0.05) is 14.9 Å². The van der Waals surface area contributed by atoms with Gasteiger partial charge < -0.3 is 40.0 Å². The third-order valence-electron chi connectivity index (χ3n) is 5.93. The van der Waals surface area contributed by atoms with E-state index in [1.165, 1.54) is 0 Å². The number of carboxylic acid groups (broad SMARTS) is 1. The highest BCUT2D eigenvalue weighted by molar-refractivity contribution is 5.82. The van der Waals surface area contributed by atoms with Crippen molar-refractivity contribution >= 4 is 12.0 Å². The molecule has 36 heavy (non-hydrogen) atoms. The highest BCUT2D eigenvalue weighted by Gasteiger charge is 2.41. The third-order valence-corrected chi connectivity index (χ3v) is 5.93. The number of aliphatic hydroxyl groups is 1. The molecule has 3 rings (SSSR count). The van der Waals surface area contributed by atoms with Crippen LogP contribution < -0.4 is 15.4 Å². The molecule has 11 heteroatoms. The fraction of sp³-hybridized carbons (Fsp3) is 0.720. The Labute approximate surface area is 214 Å². The van der Waals surface area contributed by atoms with Gasteiger partial charge in [0.05, 0.1) is 25.4 Å². The Kier molecular flexibility index (Phi) is 13.7. The average Bonchev–Trinajstić information content (AvgIpc) is 3.67. The van der Waals surface area contributed by atoms with E-state index in [9.17, 15) is 14.7 Å². The fourth-order valence-corrected chi connectivity index (χ4v) is 4.04. The van der Waals surface area contributed by atoms with E-state index in [2.05, 4.69) is 15.6 Å². The monoisotopic (exact) mass is 512 g/mol. The summed E-state index contributed by atoms with van der Waals surface area (Å²) in [5.74, 6) is 0.355. The molecule has 2 aliphatic rings. The van der Waals surface area contributed by atoms with Crippen molar-refractivity contribution in [2.24, 2.45) is 0 Å². The van der Waals surface area contributed by atoms with Gasteiger partial charge in [-0.25, -0.2) is 9.78 Å². The van der Waals surface area contributed by atoms with Crippen molar-refractivity contribution in [1.29, 1.82) is 0 Å². The molecule has 1 saturated heterocycles. The van der Waals surface area contributed by atoms with Crippen LogP contribution >= 0.6 is 0 Å². The Balaban J connectivity index is 0.00000324. The Hall–Kier alpha value is -2.47. The molecule has 2 amide bonds. The van der Waals surface area contributed by atoms with E-state index in [-0.39, 0.29) is 39.5 Å². The van der Waals surface area contributed by atoms with Crippen molar-refractivity contribution < 1.29 is 34.0 Å². The van der Waals surface area contributed by atoms with Crippen molar-refractivity contribution in [2.75, 3.05) is 46.6 Å². The molecule has 1 aromatic heterocycles. The second-order valence-corrected chi connectivity index (χ2v) is 8.65. The number of hydrogen-bond donors (Lipinski definition) is 4. The predicted octanol–water partition coefficient (Wildman–Crippen LogP) is 1.98. The smallest absolute Gasteiger partial charge is 0.404 e. The Morgan fingerprint density at radius 1 is 1.28 bits per heavy atom. The summed E-state index contributed by atoms with van der Waals surface area (Å²) < 4.78 is 16.7. The minimum atomic E-state index is -1.06. The molecule has 2 fully saturated rings. The second kappa shape index (κ2) is 15.6. The Bertz CT molecular complexity index is 822. The fourth-order valence-electron chi connectivity index (χ4n) is 4.04. The number of methoxy groups -OCH3 is 1. The second-order valence-electron chi connectivity index (χ2n) is 8.65. The number of aryl methyl sites for hydroxylation is 1. The van der Waals surface area contributed by atoms with Crippen LogP contribution in [0.15, 0.2) is 12.1 Å². The molecule has 1 saturated carbocycles. The summed E-state index contributed by atoms with van der Waals surface area (Å²) >= 11 is 0. The lowest BCUT2D eigenvalue weighted by molar-refractivity contribution is -0.155. The zero-order valence-corrected chi connectivity index (χ0v) is 19.9. The maximum absolute atomic E-state index is 13.5. The number of morpholine rings is 1. The summed E-state index contributed by atoms with van der Waals surface area (Å²) in [7, 11) is 1.60. The Morgan fingerprint density at radius 2 is 2.03 bits per heavy atom. The van der Waals surface area contributed by atoms with Gasteiger partial charge in [0.2, 0.25) is 5.88 Å². The van der Waals surface area contributed by atoms with Crippen LogP contribution in [0, 0.1) is 0 Å². The summed E-state index contributed by atoms with van der Waals surface area (Å²) in [4.78, 5) is 30.6. The van der Waals surface area contributed by atoms with Gasteiger partial charge in [-0.15, -0.1) is 0 Å². The summed E-state index contributed by atoms with van der Waals surface area (Å²) in [5, 5.41) is 23.8. The topological polar surface area (TPSA) is 142 Å². The quantitative estimate of drug-likeness (QED) is 0.292. The number of pyridine rings is 1. The van der Waals surface area contributed by atoms with Gasteiger partial charge in [-0.2, -0.15) is 0 Å². The van der Waals surface area contributed by atoms with Crippen LogP contribution in [0.5, 0.6) is 5.88 Å². The van der Waals surface area contributed by atoms with E-state index >= 15 is 0 Å². The van der Waals surface area contributed by atoms with E-state index < -0.39 is 18.3 Å². The van der Waals surface area contributed by atoms with Gasteiger partial charge in [0.25, 0.3) is 5.91 Å². The molecule has 4 N–H and O–H groups in total. The van der Waals surface area contributed by atoms with Crippen LogP contribution in [-0.2, 0) is 20.7 Å². The molecular weight excluding hydrogens is 468 g/mol. The zero-order valence-electron chi connectivity index (χ0n) is 19.9. The molecule has 0 unspecified atom stereocenters. The van der Waals surface area contributed by atoms with E-state index in [0.29, 0.717) is 51.6 Å². The SMILES string of the molecule is C.C.COCCOc1cc([C@H](C)N(C(=O)[C@H]2CNC[C@@H](CO)O2)C2CC2)cc(CCCNC(=O)O)n1. The first-order chi connectivity index (χ1) is 16.4. The lowest BCUT2D eigenvalue weighted by Crippen LogP contribution is -2.54. The molecule has 206 valence electrons. The minimum Gasteiger partial charge on any atom is -0.475 e. The van der Waals surface area contributed by atoms with Crippen LogP contribution in [0.3, 0.4) is 0 Å². The van der Waals surface area contributed by atoms with E-state index in [4.69, 9.17) is 19.3 Å². The number of nitrogens with zero attached hydrogens (tertiary/aromatic N) is 2. The molecule has 2 heterocycles. The average molecular weight is 513 g/mol. The molecule has 0 aromatic carbocycles. The van der Waals surface area contributed by atoms with Gasteiger partial charge in [-0.05, 0) is 44.2 Å². The first-order valence-electron chi connectivity index (χ1n) is 11.8. The minimum absolute atomic E-state index is 0. The summed E-state index contributed by atoms with van der Waals surface area (Å²) in [6.07, 6.45) is 0.934. The molecular formula is C25H44N4O7. The molecule has 3 atom stereocenters. The predicted molar refractivity (Wildman–Crippen MR) is 136 cm³/mol. The lowest BCUT2D eigenvalue weighted by Gasteiger charge is -2.36. The van der Waals surface area contributed by atoms with Gasteiger partial charge >= 0.3 is 6.09 Å². The molecule has 0 bridgehead atoms. The highest BCUT2D eigenvalue weighted by atomic mass is 16.5. The number of amides is 2. The van der Waals surface area contributed by atoms with Gasteiger partial charge in [0, 0.05) is 44.5 Å². The van der Waals surface area contributed by atoms with Crippen molar-refractivity contribution in [2.45, 2.75) is 71.8 Å². The van der Waals surface area contributed by atoms with Crippen LogP contribution in [0.25, 0.3) is 0 Å². The number of nitrogens with one attached hydrogen (secondary N) is 2. The van der Waals surface area contributed by atoms with E-state index in [1.54, 1.807) is 7.11 Å². The molecule has 0 radical (unpaired) electrons. The Morgan fingerprint density at radius 3 is 2.67 bits per heavy atom. The van der Waals surface area contributed by atoms with Crippen LogP contribution in [0.4, 0.5) is 4.79 Å². The standard InChI is InChI=1S/C23H36N4O7.2CH4/c1-15(27(18-5-6-18)22(29)20-13-24-12-19(14-28)34-20)16-10-17(4-3-7-25-23(30)31)26-21(11-16)33-9-8-32-2;;/h10-11,15,18-20,24-25,28H,3-9,12-14H2,1-2H3,(H,30,31);2*1H4/t15-,19-,20+;;/m0../s1. The number of carbonyl (C=O) groups is 2. The molecule has 1 aromatic rings. The molecule has 0 spiro atoms. The number of rotatable bonds is 13. The van der Waals surface area contributed by atoms with E-state index in [0.717, 1.165) is 24.1 Å². The van der Waals surface area contributed by atoms with Crippen LogP contribution in [0.1, 0.15) is 58.3 Å². The molecule has 1 aliphatic heterocycles. The van der Waals surface area contributed by atoms with E-state index in [1.807, 2.05) is 24.0 Å². The zero-order chi connectivity index (χ0) is 24.5. The molecule has 11 nitrogen and oxygen atoms in total. The normalized spacial score (nSPS) is 19.9. The van der Waals surface area contributed by atoms with Gasteiger partial charge in [0.15, 0.2) is 0 Å². The number of carbonyl (C=O) groups excluding carboxylic acids is 1. The van der Waals surface area contributed by atoms with Crippen molar-refractivity contribution in [3.8, 4) is 5.88 Å². The highest BCUT2D eigenvalue weighted by Crippen LogP contribution is 2.36. The van der Waals surface area contributed by atoms with Crippen molar-refractivity contribution in [3.63, 3.8) is 0 Å². The van der Waals surface area contributed by atoms with Crippen molar-refractivity contribution in [3.05, 3.63) is 23.4 Å². The number of aromatic nitrogens is 1. The molecule has 1 aliphatic carbocycles. The number of hydrogen-bond acceptors (Lipinski definition) is 8. The number of aliphatic hydroxyl groups excluding tert-OH is 1. The summed E-state index contributed by atoms with van der Waals surface area (Å²) in [6, 6.07) is 3.71. The number of ether oxygens (including phenoxy) is 3.